The highest BCUT2D eigenvalue weighted by Crippen LogP contribution is 2.25. The first-order chi connectivity index (χ1) is 15.6. The van der Waals surface area contributed by atoms with Gasteiger partial charge in [-0.25, -0.2) is 8.42 Å². The van der Waals surface area contributed by atoms with Gasteiger partial charge in [-0.05, 0) is 24.3 Å². The van der Waals surface area contributed by atoms with E-state index in [1.54, 1.807) is 30.3 Å². The van der Waals surface area contributed by atoms with Crippen molar-refractivity contribution in [1.82, 2.24) is 0 Å². The van der Waals surface area contributed by atoms with E-state index in [-0.39, 0.29) is 33.4 Å². The van der Waals surface area contributed by atoms with Crippen LogP contribution < -0.4 is 9.62 Å². The number of non-ortho nitro benzene ring substituents is 1. The molecule has 3 rings (SSSR count). The third kappa shape index (κ3) is 5.93. The van der Waals surface area contributed by atoms with Crippen LogP contribution in [0.25, 0.3) is 0 Å². The van der Waals surface area contributed by atoms with E-state index in [9.17, 15) is 28.1 Å². The molecule has 0 heterocycles. The second-order valence-corrected chi connectivity index (χ2v) is 9.32. The molecular formula is C22H18ClN3O6S. The minimum Gasteiger partial charge on any atom is -0.324 e. The van der Waals surface area contributed by atoms with Gasteiger partial charge in [0.25, 0.3) is 5.69 Å². The maximum Gasteiger partial charge on any atom is 0.271 e. The van der Waals surface area contributed by atoms with Gasteiger partial charge < -0.3 is 5.32 Å². The summed E-state index contributed by atoms with van der Waals surface area (Å²) in [5.74, 6) is -1.14. The summed E-state index contributed by atoms with van der Waals surface area (Å²) in [5, 5.41) is 13.9. The van der Waals surface area contributed by atoms with Gasteiger partial charge in [0.15, 0.2) is 5.78 Å². The van der Waals surface area contributed by atoms with Crippen molar-refractivity contribution in [1.29, 1.82) is 0 Å². The molecule has 0 saturated carbocycles. The van der Waals surface area contributed by atoms with Crippen molar-refractivity contribution >= 4 is 50.4 Å². The van der Waals surface area contributed by atoms with Crippen LogP contribution in [0, 0.1) is 10.1 Å². The van der Waals surface area contributed by atoms with Crippen molar-refractivity contribution in [3.8, 4) is 0 Å². The highest BCUT2D eigenvalue weighted by Gasteiger charge is 2.24. The molecule has 9 nitrogen and oxygen atoms in total. The van der Waals surface area contributed by atoms with Gasteiger partial charge in [0.05, 0.1) is 22.6 Å². The van der Waals surface area contributed by atoms with Crippen LogP contribution >= 0.6 is 11.6 Å². The Morgan fingerprint density at radius 3 is 2.36 bits per heavy atom. The summed E-state index contributed by atoms with van der Waals surface area (Å²) in [6.45, 7) is -0.665. The van der Waals surface area contributed by atoms with Gasteiger partial charge in [-0.2, -0.15) is 0 Å². The van der Waals surface area contributed by atoms with Gasteiger partial charge in [0.2, 0.25) is 15.9 Å². The van der Waals surface area contributed by atoms with E-state index in [0.717, 1.165) is 16.6 Å². The molecular weight excluding hydrogens is 470 g/mol. The van der Waals surface area contributed by atoms with E-state index in [1.807, 2.05) is 0 Å². The van der Waals surface area contributed by atoms with Crippen LogP contribution in [0.15, 0.2) is 72.8 Å². The largest absolute Gasteiger partial charge is 0.324 e. The number of hydrogen-bond acceptors (Lipinski definition) is 6. The number of benzene rings is 3. The molecule has 0 aromatic heterocycles. The number of halogens is 1. The molecule has 0 aliphatic rings. The predicted molar refractivity (Wildman–Crippen MR) is 125 cm³/mol. The van der Waals surface area contributed by atoms with Crippen LogP contribution in [0.4, 0.5) is 17.1 Å². The number of carbonyl (C=O) groups is 2. The molecule has 0 saturated heterocycles. The minimum absolute atomic E-state index is 0.0430. The Hall–Kier alpha value is -3.76. The van der Waals surface area contributed by atoms with E-state index in [0.29, 0.717) is 5.56 Å². The lowest BCUT2D eigenvalue weighted by molar-refractivity contribution is -0.384. The van der Waals surface area contributed by atoms with E-state index >= 15 is 0 Å². The van der Waals surface area contributed by atoms with Gasteiger partial charge in [0, 0.05) is 28.3 Å². The molecule has 11 heteroatoms. The lowest BCUT2D eigenvalue weighted by atomic mass is 10.0. The molecule has 0 radical (unpaired) electrons. The number of sulfonamides is 1. The van der Waals surface area contributed by atoms with Gasteiger partial charge in [-0.15, -0.1) is 0 Å². The first kappa shape index (κ1) is 23.9. The minimum atomic E-state index is -3.96. The highest BCUT2D eigenvalue weighted by molar-refractivity contribution is 7.92. The molecule has 3 aromatic carbocycles. The van der Waals surface area contributed by atoms with Crippen LogP contribution in [-0.4, -0.2) is 37.8 Å². The number of nitro benzene ring substituents is 1. The zero-order chi connectivity index (χ0) is 24.2. The van der Waals surface area contributed by atoms with Crippen LogP contribution in [-0.2, 0) is 14.8 Å². The summed E-state index contributed by atoms with van der Waals surface area (Å²) in [6.07, 6.45) is 0.881. The molecule has 1 N–H and O–H groups in total. The van der Waals surface area contributed by atoms with Crippen LogP contribution in [0.3, 0.4) is 0 Å². The van der Waals surface area contributed by atoms with Crippen molar-refractivity contribution in [3.05, 3.63) is 99.1 Å². The van der Waals surface area contributed by atoms with E-state index < -0.39 is 27.4 Å². The quantitative estimate of drug-likeness (QED) is 0.292. The Bertz CT molecular complexity index is 1330. The Balaban J connectivity index is 1.90. The fourth-order valence-corrected chi connectivity index (χ4v) is 4.06. The zero-order valence-corrected chi connectivity index (χ0v) is 18.8. The number of nitro groups is 1. The lowest BCUT2D eigenvalue weighted by Crippen LogP contribution is -2.37. The Labute approximate surface area is 194 Å². The monoisotopic (exact) mass is 487 g/mol. The summed E-state index contributed by atoms with van der Waals surface area (Å²) >= 11 is 6.04. The summed E-state index contributed by atoms with van der Waals surface area (Å²) < 4.78 is 25.4. The molecule has 0 spiro atoms. The first-order valence-electron chi connectivity index (χ1n) is 9.47. The molecule has 0 aliphatic carbocycles. The highest BCUT2D eigenvalue weighted by atomic mass is 35.5. The Morgan fingerprint density at radius 2 is 1.73 bits per heavy atom. The molecule has 0 fully saturated rings. The molecule has 33 heavy (non-hydrogen) atoms. The SMILES string of the molecule is CS(=O)(=O)N(CC(=O)Nc1ccc(Cl)cc1C(=O)c1ccccc1)c1cccc([N+](=O)[O-])c1. The zero-order valence-electron chi connectivity index (χ0n) is 17.3. The average molecular weight is 488 g/mol. The topological polar surface area (TPSA) is 127 Å². The van der Waals surface area contributed by atoms with Gasteiger partial charge in [0.1, 0.15) is 6.54 Å². The number of nitrogens with zero attached hydrogens (tertiary/aromatic N) is 2. The average Bonchev–Trinajstić information content (AvgIpc) is 2.78. The molecule has 0 bridgehead atoms. The van der Waals surface area contributed by atoms with Gasteiger partial charge in [-0.1, -0.05) is 48.0 Å². The van der Waals surface area contributed by atoms with Crippen LogP contribution in [0.1, 0.15) is 15.9 Å². The van der Waals surface area contributed by atoms with Crippen LogP contribution in [0.5, 0.6) is 0 Å². The van der Waals surface area contributed by atoms with Crippen molar-refractivity contribution in [2.75, 3.05) is 22.4 Å². The van der Waals surface area contributed by atoms with Crippen molar-refractivity contribution in [2.24, 2.45) is 0 Å². The molecule has 3 aromatic rings. The second-order valence-electron chi connectivity index (χ2n) is 6.98. The number of rotatable bonds is 8. The summed E-state index contributed by atoms with van der Waals surface area (Å²) in [6, 6.07) is 17.6. The maximum atomic E-state index is 12.9. The molecule has 170 valence electrons. The van der Waals surface area contributed by atoms with E-state index in [4.69, 9.17) is 11.6 Å². The third-order valence-electron chi connectivity index (χ3n) is 4.55. The van der Waals surface area contributed by atoms with Crippen LogP contribution in [0.2, 0.25) is 5.02 Å². The van der Waals surface area contributed by atoms with Crippen molar-refractivity contribution in [2.45, 2.75) is 0 Å². The van der Waals surface area contributed by atoms with Crippen molar-refractivity contribution < 1.29 is 22.9 Å². The Morgan fingerprint density at radius 1 is 1.03 bits per heavy atom. The first-order valence-corrected chi connectivity index (χ1v) is 11.7. The fourth-order valence-electron chi connectivity index (χ4n) is 3.04. The van der Waals surface area contributed by atoms with E-state index in [2.05, 4.69) is 5.32 Å². The van der Waals surface area contributed by atoms with Gasteiger partial charge in [-0.3, -0.25) is 24.0 Å². The van der Waals surface area contributed by atoms with Crippen molar-refractivity contribution in [3.63, 3.8) is 0 Å². The summed E-state index contributed by atoms with van der Waals surface area (Å²) in [5.41, 5.74) is 0.284. The molecule has 0 unspecified atom stereocenters. The maximum absolute atomic E-state index is 12.9. The second kappa shape index (κ2) is 9.80. The number of carbonyl (C=O) groups excluding carboxylic acids is 2. The standard InChI is InChI=1S/C22H18ClN3O6S/c1-33(31,32)25(17-8-5-9-18(13-17)26(29)30)14-21(27)24-20-11-10-16(23)12-19(20)22(28)15-6-3-2-4-7-15/h2-13H,14H2,1H3,(H,24,27). The lowest BCUT2D eigenvalue weighted by Gasteiger charge is -2.22. The normalized spacial score (nSPS) is 11.0. The Kier molecular flexibility index (Phi) is 7.10. The number of anilines is 2. The molecule has 1 amide bonds. The summed E-state index contributed by atoms with van der Waals surface area (Å²) in [7, 11) is -3.96. The number of ketones is 1. The molecule has 0 aliphatic heterocycles. The number of nitrogens with one attached hydrogen (secondary N) is 1. The smallest absolute Gasteiger partial charge is 0.271 e. The summed E-state index contributed by atoms with van der Waals surface area (Å²) in [4.78, 5) is 36.1. The predicted octanol–water partition coefficient (Wildman–Crippen LogP) is 3.88. The third-order valence-corrected chi connectivity index (χ3v) is 5.93. The number of amides is 1. The fraction of sp³-hybridized carbons (Fsp3) is 0.0909. The van der Waals surface area contributed by atoms with E-state index in [1.165, 1.54) is 36.4 Å². The number of hydrogen-bond donors (Lipinski definition) is 1. The molecule has 0 atom stereocenters. The van der Waals surface area contributed by atoms with Gasteiger partial charge >= 0.3 is 0 Å².